The smallest absolute Gasteiger partial charge is 0.255 e. The molecule has 4 nitrogen and oxygen atoms in total. The average molecular weight is 229 g/mol. The normalized spacial score (nSPS) is 12.2. The maximum atomic E-state index is 11.7. The summed E-state index contributed by atoms with van der Waals surface area (Å²) in [4.78, 5) is 26.5. The molecule has 1 aromatic heterocycles. The van der Waals surface area contributed by atoms with Crippen LogP contribution >= 0.6 is 11.6 Å². The van der Waals surface area contributed by atoms with Crippen LogP contribution in [-0.2, 0) is 0 Å². The number of carbonyl (C=O) groups excluding carboxylic acids is 1. The highest BCUT2D eigenvalue weighted by Gasteiger charge is 2.12. The number of alkyl halides is 1. The van der Waals surface area contributed by atoms with Crippen LogP contribution in [0.5, 0.6) is 0 Å². The van der Waals surface area contributed by atoms with E-state index in [1.165, 1.54) is 23.2 Å². The summed E-state index contributed by atoms with van der Waals surface area (Å²) >= 11 is 5.78. The summed E-state index contributed by atoms with van der Waals surface area (Å²) < 4.78 is 0. The maximum absolute atomic E-state index is 11.7. The predicted octanol–water partition coefficient (Wildman–Crippen LogP) is 1.07. The van der Waals surface area contributed by atoms with Gasteiger partial charge in [-0.3, -0.25) is 9.59 Å². The molecule has 0 spiro atoms. The Kier molecular flexibility index (Phi) is 3.91. The molecule has 1 N–H and O–H groups in total. The van der Waals surface area contributed by atoms with Crippen LogP contribution in [-0.4, -0.2) is 34.8 Å². The molecule has 1 heterocycles. The third-order valence-corrected chi connectivity index (χ3v) is 2.04. The topological polar surface area (TPSA) is 53.2 Å². The number of aromatic nitrogens is 1. The number of aromatic amines is 1. The van der Waals surface area contributed by atoms with E-state index in [9.17, 15) is 9.59 Å². The molecule has 0 fully saturated rings. The number of H-pyrrole nitrogens is 1. The Labute approximate surface area is 92.9 Å². The van der Waals surface area contributed by atoms with Crippen molar-refractivity contribution in [1.29, 1.82) is 0 Å². The van der Waals surface area contributed by atoms with Gasteiger partial charge in [0.15, 0.2) is 0 Å². The molecule has 0 aliphatic carbocycles. The molecule has 1 atom stereocenters. The predicted molar refractivity (Wildman–Crippen MR) is 59.3 cm³/mol. The molecule has 1 rings (SSSR count). The lowest BCUT2D eigenvalue weighted by Crippen LogP contribution is -2.31. The van der Waals surface area contributed by atoms with E-state index in [1.807, 2.05) is 6.92 Å². The monoisotopic (exact) mass is 228 g/mol. The first-order valence-electron chi connectivity index (χ1n) is 4.59. The Hall–Kier alpha value is -1.29. The second-order valence-electron chi connectivity index (χ2n) is 3.41. The van der Waals surface area contributed by atoms with Crippen molar-refractivity contribution in [2.24, 2.45) is 0 Å². The molecule has 1 amide bonds. The standard InChI is InChI=1S/C10H13ClN2O2/c1-7(11)6-13(2)10(15)8-3-4-9(14)12-5-8/h3-5,7H,6H2,1-2H3,(H,12,14). The van der Waals surface area contributed by atoms with Crippen molar-refractivity contribution in [2.75, 3.05) is 13.6 Å². The van der Waals surface area contributed by atoms with Crippen LogP contribution in [0.3, 0.4) is 0 Å². The second kappa shape index (κ2) is 4.98. The van der Waals surface area contributed by atoms with Gasteiger partial charge in [0.05, 0.1) is 5.56 Å². The van der Waals surface area contributed by atoms with Crippen LogP contribution in [0, 0.1) is 0 Å². The van der Waals surface area contributed by atoms with Gasteiger partial charge in [-0.2, -0.15) is 0 Å². The number of hydrogen-bond acceptors (Lipinski definition) is 2. The SMILES string of the molecule is CC(Cl)CN(C)C(=O)c1ccc(=O)[nH]c1. The van der Waals surface area contributed by atoms with Gasteiger partial charge < -0.3 is 9.88 Å². The van der Waals surface area contributed by atoms with Crippen LogP contribution in [0.2, 0.25) is 0 Å². The van der Waals surface area contributed by atoms with Gasteiger partial charge in [0, 0.05) is 31.2 Å². The van der Waals surface area contributed by atoms with E-state index < -0.39 is 0 Å². The summed E-state index contributed by atoms with van der Waals surface area (Å²) in [6.07, 6.45) is 1.40. The van der Waals surface area contributed by atoms with E-state index in [1.54, 1.807) is 7.05 Å². The Morgan fingerprint density at radius 1 is 1.60 bits per heavy atom. The van der Waals surface area contributed by atoms with Crippen molar-refractivity contribution in [1.82, 2.24) is 9.88 Å². The van der Waals surface area contributed by atoms with E-state index in [0.29, 0.717) is 12.1 Å². The molecule has 0 saturated heterocycles. The number of amides is 1. The van der Waals surface area contributed by atoms with Gasteiger partial charge in [-0.15, -0.1) is 11.6 Å². The Morgan fingerprint density at radius 3 is 2.73 bits per heavy atom. The van der Waals surface area contributed by atoms with Gasteiger partial charge in [0.1, 0.15) is 0 Å². The lowest BCUT2D eigenvalue weighted by Gasteiger charge is -2.18. The molecule has 5 heteroatoms. The van der Waals surface area contributed by atoms with E-state index in [0.717, 1.165) is 0 Å². The zero-order valence-electron chi connectivity index (χ0n) is 8.66. The van der Waals surface area contributed by atoms with Gasteiger partial charge >= 0.3 is 0 Å². The minimum Gasteiger partial charge on any atom is -0.340 e. The van der Waals surface area contributed by atoms with Crippen LogP contribution in [0.25, 0.3) is 0 Å². The van der Waals surface area contributed by atoms with Crippen LogP contribution in [0.1, 0.15) is 17.3 Å². The van der Waals surface area contributed by atoms with Crippen molar-refractivity contribution in [3.63, 3.8) is 0 Å². The van der Waals surface area contributed by atoms with Gasteiger partial charge in [0.2, 0.25) is 5.56 Å². The van der Waals surface area contributed by atoms with E-state index in [2.05, 4.69) is 4.98 Å². The van der Waals surface area contributed by atoms with Crippen LogP contribution in [0.4, 0.5) is 0 Å². The molecule has 82 valence electrons. The number of rotatable bonds is 3. The first-order chi connectivity index (χ1) is 7.00. The van der Waals surface area contributed by atoms with Crippen molar-refractivity contribution < 1.29 is 4.79 Å². The summed E-state index contributed by atoms with van der Waals surface area (Å²) in [6, 6.07) is 2.82. The fourth-order valence-corrected chi connectivity index (χ4v) is 1.43. The first-order valence-corrected chi connectivity index (χ1v) is 5.02. The van der Waals surface area contributed by atoms with Crippen LogP contribution in [0.15, 0.2) is 23.1 Å². The van der Waals surface area contributed by atoms with E-state index >= 15 is 0 Å². The summed E-state index contributed by atoms with van der Waals surface area (Å²) in [5.74, 6) is -0.154. The third-order valence-electron chi connectivity index (χ3n) is 1.90. The molecular formula is C10H13ClN2O2. The molecule has 1 aromatic rings. The summed E-state index contributed by atoms with van der Waals surface area (Å²) in [6.45, 7) is 2.29. The maximum Gasteiger partial charge on any atom is 0.255 e. The van der Waals surface area contributed by atoms with Crippen molar-refractivity contribution >= 4 is 17.5 Å². The summed E-state index contributed by atoms with van der Waals surface area (Å²) in [5.41, 5.74) is 0.231. The second-order valence-corrected chi connectivity index (χ2v) is 4.15. The molecule has 0 saturated carbocycles. The molecule has 0 radical (unpaired) electrons. The summed E-state index contributed by atoms with van der Waals surface area (Å²) in [5, 5.41) is -0.0956. The van der Waals surface area contributed by atoms with Gasteiger partial charge in [-0.1, -0.05) is 0 Å². The fourth-order valence-electron chi connectivity index (χ4n) is 1.22. The lowest BCUT2D eigenvalue weighted by atomic mass is 10.2. The van der Waals surface area contributed by atoms with Gasteiger partial charge in [0.25, 0.3) is 5.91 Å². The highest BCUT2D eigenvalue weighted by atomic mass is 35.5. The zero-order chi connectivity index (χ0) is 11.4. The van der Waals surface area contributed by atoms with Gasteiger partial charge in [-0.25, -0.2) is 0 Å². The molecule has 15 heavy (non-hydrogen) atoms. The molecule has 0 aromatic carbocycles. The van der Waals surface area contributed by atoms with Crippen molar-refractivity contribution in [3.8, 4) is 0 Å². The Bertz CT molecular complexity index is 380. The number of hydrogen-bond donors (Lipinski definition) is 1. The van der Waals surface area contributed by atoms with E-state index in [-0.39, 0.29) is 16.8 Å². The van der Waals surface area contributed by atoms with Crippen molar-refractivity contribution in [2.45, 2.75) is 12.3 Å². The van der Waals surface area contributed by atoms with Crippen molar-refractivity contribution in [3.05, 3.63) is 34.2 Å². The number of carbonyl (C=O) groups is 1. The number of nitrogens with one attached hydrogen (secondary N) is 1. The number of nitrogens with zero attached hydrogens (tertiary/aromatic N) is 1. The largest absolute Gasteiger partial charge is 0.340 e. The molecule has 0 aliphatic heterocycles. The molecule has 1 unspecified atom stereocenters. The first kappa shape index (κ1) is 11.8. The van der Waals surface area contributed by atoms with E-state index in [4.69, 9.17) is 11.6 Å². The Balaban J connectivity index is 2.76. The molecular weight excluding hydrogens is 216 g/mol. The highest BCUT2D eigenvalue weighted by molar-refractivity contribution is 6.20. The molecule has 0 bridgehead atoms. The number of pyridine rings is 1. The highest BCUT2D eigenvalue weighted by Crippen LogP contribution is 2.03. The molecule has 0 aliphatic rings. The quantitative estimate of drug-likeness (QED) is 0.787. The zero-order valence-corrected chi connectivity index (χ0v) is 9.41. The number of halogens is 1. The fraction of sp³-hybridized carbons (Fsp3) is 0.400. The summed E-state index contributed by atoms with van der Waals surface area (Å²) in [7, 11) is 1.67. The van der Waals surface area contributed by atoms with Gasteiger partial charge in [-0.05, 0) is 13.0 Å². The Morgan fingerprint density at radius 2 is 2.27 bits per heavy atom. The minimum absolute atomic E-state index is 0.0956. The third kappa shape index (κ3) is 3.40. The lowest BCUT2D eigenvalue weighted by molar-refractivity contribution is 0.0795. The van der Waals surface area contributed by atoms with Crippen LogP contribution < -0.4 is 5.56 Å². The minimum atomic E-state index is -0.222. The average Bonchev–Trinajstić information content (AvgIpc) is 2.17.